The number of nitrogen functional groups attached to an aromatic ring is 1. The molecule has 0 aliphatic rings. The lowest BCUT2D eigenvalue weighted by Gasteiger charge is -2.08. The number of rotatable bonds is 2. The molecule has 0 saturated heterocycles. The first kappa shape index (κ1) is 13.2. The SMILES string of the molecule is Nc1cc(F)cc(NC(=O)c2ccc(Cl)cc2O)c1. The Bertz CT molecular complexity index is 626. The van der Waals surface area contributed by atoms with Crippen LogP contribution in [-0.4, -0.2) is 11.0 Å². The van der Waals surface area contributed by atoms with Crippen molar-refractivity contribution >= 4 is 28.9 Å². The molecule has 2 aromatic rings. The number of hydrogen-bond donors (Lipinski definition) is 3. The van der Waals surface area contributed by atoms with Crippen molar-refractivity contribution in [3.05, 3.63) is 52.8 Å². The molecule has 0 bridgehead atoms. The number of aromatic hydroxyl groups is 1. The Morgan fingerprint density at radius 3 is 2.63 bits per heavy atom. The number of benzene rings is 2. The van der Waals surface area contributed by atoms with Crippen LogP contribution in [0.1, 0.15) is 10.4 Å². The van der Waals surface area contributed by atoms with Gasteiger partial charge >= 0.3 is 0 Å². The van der Waals surface area contributed by atoms with Gasteiger partial charge in [-0.1, -0.05) is 11.6 Å². The van der Waals surface area contributed by atoms with Crippen molar-refractivity contribution in [2.75, 3.05) is 11.1 Å². The van der Waals surface area contributed by atoms with Crippen LogP contribution in [0.4, 0.5) is 15.8 Å². The van der Waals surface area contributed by atoms with Crippen LogP contribution in [0.2, 0.25) is 5.02 Å². The smallest absolute Gasteiger partial charge is 0.259 e. The average molecular weight is 281 g/mol. The Labute approximate surface area is 113 Å². The molecule has 0 aliphatic carbocycles. The summed E-state index contributed by atoms with van der Waals surface area (Å²) in [5, 5.41) is 12.4. The van der Waals surface area contributed by atoms with E-state index in [-0.39, 0.29) is 22.7 Å². The molecular weight excluding hydrogens is 271 g/mol. The number of nitrogens with two attached hydrogens (primary N) is 1. The lowest BCUT2D eigenvalue weighted by atomic mass is 10.2. The molecule has 4 nitrogen and oxygen atoms in total. The molecule has 0 heterocycles. The van der Waals surface area contributed by atoms with Gasteiger partial charge in [0.2, 0.25) is 0 Å². The van der Waals surface area contributed by atoms with Gasteiger partial charge < -0.3 is 16.2 Å². The first-order valence-corrected chi connectivity index (χ1v) is 5.69. The third-order valence-electron chi connectivity index (χ3n) is 2.38. The highest BCUT2D eigenvalue weighted by atomic mass is 35.5. The lowest BCUT2D eigenvalue weighted by Crippen LogP contribution is -2.12. The van der Waals surface area contributed by atoms with Gasteiger partial charge in [-0.15, -0.1) is 0 Å². The molecule has 2 rings (SSSR count). The highest BCUT2D eigenvalue weighted by Crippen LogP contribution is 2.23. The fourth-order valence-electron chi connectivity index (χ4n) is 1.58. The van der Waals surface area contributed by atoms with E-state index >= 15 is 0 Å². The fraction of sp³-hybridized carbons (Fsp3) is 0. The van der Waals surface area contributed by atoms with Gasteiger partial charge in [0.15, 0.2) is 0 Å². The summed E-state index contributed by atoms with van der Waals surface area (Å²) in [6.45, 7) is 0. The number of halogens is 2. The van der Waals surface area contributed by atoms with E-state index < -0.39 is 11.7 Å². The maximum Gasteiger partial charge on any atom is 0.259 e. The zero-order chi connectivity index (χ0) is 14.0. The molecule has 19 heavy (non-hydrogen) atoms. The van der Waals surface area contributed by atoms with E-state index in [0.717, 1.165) is 12.1 Å². The Kier molecular flexibility index (Phi) is 3.57. The van der Waals surface area contributed by atoms with Gasteiger partial charge in [-0.2, -0.15) is 0 Å². The monoisotopic (exact) mass is 280 g/mol. The maximum atomic E-state index is 13.1. The van der Waals surface area contributed by atoms with E-state index in [9.17, 15) is 14.3 Å². The third-order valence-corrected chi connectivity index (χ3v) is 2.62. The molecule has 4 N–H and O–H groups in total. The first-order chi connectivity index (χ1) is 8.95. The molecular formula is C13H10ClFN2O2. The van der Waals surface area contributed by atoms with E-state index in [0.29, 0.717) is 5.02 Å². The van der Waals surface area contributed by atoms with Crippen LogP contribution in [0.25, 0.3) is 0 Å². The Balaban J connectivity index is 2.25. The van der Waals surface area contributed by atoms with Gasteiger partial charge in [-0.3, -0.25) is 4.79 Å². The normalized spacial score (nSPS) is 10.2. The van der Waals surface area contributed by atoms with Crippen LogP contribution < -0.4 is 11.1 Å². The molecule has 0 aliphatic heterocycles. The summed E-state index contributed by atoms with van der Waals surface area (Å²) in [4.78, 5) is 11.9. The quantitative estimate of drug-likeness (QED) is 0.740. The highest BCUT2D eigenvalue weighted by Gasteiger charge is 2.12. The van der Waals surface area contributed by atoms with Crippen LogP contribution >= 0.6 is 11.6 Å². The molecule has 6 heteroatoms. The van der Waals surface area contributed by atoms with E-state index in [1.165, 1.54) is 24.3 Å². The number of nitrogens with one attached hydrogen (secondary N) is 1. The maximum absolute atomic E-state index is 13.1. The topological polar surface area (TPSA) is 75.3 Å². The van der Waals surface area contributed by atoms with Crippen molar-refractivity contribution in [3.63, 3.8) is 0 Å². The lowest BCUT2D eigenvalue weighted by molar-refractivity contribution is 0.102. The van der Waals surface area contributed by atoms with Crippen LogP contribution in [0, 0.1) is 5.82 Å². The van der Waals surface area contributed by atoms with E-state index in [1.54, 1.807) is 0 Å². The summed E-state index contributed by atoms with van der Waals surface area (Å²) >= 11 is 5.67. The predicted octanol–water partition coefficient (Wildman–Crippen LogP) is 3.02. The molecule has 0 spiro atoms. The minimum Gasteiger partial charge on any atom is -0.507 e. The predicted molar refractivity (Wildman–Crippen MR) is 71.9 cm³/mol. The van der Waals surface area contributed by atoms with Gasteiger partial charge in [-0.25, -0.2) is 4.39 Å². The first-order valence-electron chi connectivity index (χ1n) is 5.31. The number of phenolic OH excluding ortho intramolecular Hbond substituents is 1. The van der Waals surface area contributed by atoms with Crippen molar-refractivity contribution in [1.82, 2.24) is 0 Å². The van der Waals surface area contributed by atoms with Crippen LogP contribution in [0.15, 0.2) is 36.4 Å². The minimum atomic E-state index is -0.584. The summed E-state index contributed by atoms with van der Waals surface area (Å²) in [5.41, 5.74) is 5.90. The minimum absolute atomic E-state index is 0.0345. The number of amides is 1. The summed E-state index contributed by atoms with van der Waals surface area (Å²) in [7, 11) is 0. The van der Waals surface area contributed by atoms with Gasteiger partial charge in [0.05, 0.1) is 5.56 Å². The molecule has 0 aromatic heterocycles. The van der Waals surface area contributed by atoms with Gasteiger partial charge in [-0.05, 0) is 36.4 Å². The Morgan fingerprint density at radius 1 is 1.26 bits per heavy atom. The second-order valence-electron chi connectivity index (χ2n) is 3.89. The van der Waals surface area contributed by atoms with Gasteiger partial charge in [0.1, 0.15) is 11.6 Å². The van der Waals surface area contributed by atoms with Crippen LogP contribution in [0.5, 0.6) is 5.75 Å². The second-order valence-corrected chi connectivity index (χ2v) is 4.33. The number of carbonyl (C=O) groups is 1. The zero-order valence-electron chi connectivity index (χ0n) is 9.65. The Morgan fingerprint density at radius 2 is 2.00 bits per heavy atom. The summed E-state index contributed by atoms with van der Waals surface area (Å²) < 4.78 is 13.1. The molecule has 0 saturated carbocycles. The Hall–Kier alpha value is -2.27. The summed E-state index contributed by atoms with van der Waals surface area (Å²) in [6.07, 6.45) is 0. The number of hydrogen-bond acceptors (Lipinski definition) is 3. The number of carbonyl (C=O) groups excluding carboxylic acids is 1. The summed E-state index contributed by atoms with van der Waals surface area (Å²) in [5.74, 6) is -1.40. The average Bonchev–Trinajstić information content (AvgIpc) is 2.26. The van der Waals surface area contributed by atoms with Crippen molar-refractivity contribution in [3.8, 4) is 5.75 Å². The fourth-order valence-corrected chi connectivity index (χ4v) is 1.75. The van der Waals surface area contributed by atoms with E-state index in [4.69, 9.17) is 17.3 Å². The largest absolute Gasteiger partial charge is 0.507 e. The van der Waals surface area contributed by atoms with Crippen molar-refractivity contribution in [2.45, 2.75) is 0 Å². The molecule has 98 valence electrons. The third kappa shape index (κ3) is 3.14. The van der Waals surface area contributed by atoms with Crippen molar-refractivity contribution in [2.24, 2.45) is 0 Å². The number of anilines is 2. The summed E-state index contributed by atoms with van der Waals surface area (Å²) in [6, 6.07) is 7.76. The molecule has 0 atom stereocenters. The molecule has 1 amide bonds. The molecule has 2 aromatic carbocycles. The van der Waals surface area contributed by atoms with Crippen molar-refractivity contribution in [1.29, 1.82) is 0 Å². The number of phenols is 1. The molecule has 0 unspecified atom stereocenters. The standard InChI is InChI=1S/C13H10ClFN2O2/c14-7-1-2-11(12(18)3-7)13(19)17-10-5-8(15)4-9(16)6-10/h1-6,18H,16H2,(H,17,19). The zero-order valence-corrected chi connectivity index (χ0v) is 10.4. The molecule has 0 fully saturated rings. The van der Waals surface area contributed by atoms with Crippen molar-refractivity contribution < 1.29 is 14.3 Å². The highest BCUT2D eigenvalue weighted by molar-refractivity contribution is 6.31. The van der Waals surface area contributed by atoms with Gasteiger partial charge in [0.25, 0.3) is 5.91 Å². The van der Waals surface area contributed by atoms with Crippen LogP contribution in [0.3, 0.4) is 0 Å². The van der Waals surface area contributed by atoms with E-state index in [2.05, 4.69) is 5.32 Å². The second kappa shape index (κ2) is 5.16. The van der Waals surface area contributed by atoms with Crippen LogP contribution in [-0.2, 0) is 0 Å². The van der Waals surface area contributed by atoms with Gasteiger partial charge in [0, 0.05) is 16.4 Å². The van der Waals surface area contributed by atoms with E-state index in [1.807, 2.05) is 0 Å². The molecule has 0 radical (unpaired) electrons.